The van der Waals surface area contributed by atoms with Gasteiger partial charge in [-0.3, -0.25) is 4.79 Å². The van der Waals surface area contributed by atoms with Crippen molar-refractivity contribution in [1.82, 2.24) is 4.90 Å². The molecular formula is C17H21NO2S. The summed E-state index contributed by atoms with van der Waals surface area (Å²) >= 11 is 1.62. The highest BCUT2D eigenvalue weighted by molar-refractivity contribution is 7.21. The van der Waals surface area contributed by atoms with E-state index in [0.29, 0.717) is 13.1 Å². The van der Waals surface area contributed by atoms with Gasteiger partial charge in [0.25, 0.3) is 5.91 Å². The van der Waals surface area contributed by atoms with Crippen molar-refractivity contribution >= 4 is 27.3 Å². The number of thiophene rings is 1. The molecule has 2 atom stereocenters. The van der Waals surface area contributed by atoms with E-state index in [1.54, 1.807) is 11.3 Å². The molecule has 2 heterocycles. The molecule has 0 N–H and O–H groups in total. The Morgan fingerprint density at radius 3 is 2.62 bits per heavy atom. The lowest BCUT2D eigenvalue weighted by Gasteiger charge is -2.35. The summed E-state index contributed by atoms with van der Waals surface area (Å²) in [4.78, 5) is 15.8. The molecule has 21 heavy (non-hydrogen) atoms. The van der Waals surface area contributed by atoms with Gasteiger partial charge in [-0.1, -0.05) is 25.1 Å². The van der Waals surface area contributed by atoms with Crippen molar-refractivity contribution in [2.75, 3.05) is 13.1 Å². The molecule has 0 bridgehead atoms. The van der Waals surface area contributed by atoms with E-state index in [-0.39, 0.29) is 18.1 Å². The summed E-state index contributed by atoms with van der Waals surface area (Å²) in [5.41, 5.74) is 1.19. The minimum atomic E-state index is 0.108. The number of ether oxygens (including phenoxy) is 1. The van der Waals surface area contributed by atoms with Crippen LogP contribution in [-0.2, 0) is 11.2 Å². The highest BCUT2D eigenvalue weighted by Crippen LogP contribution is 2.33. The minimum Gasteiger partial charge on any atom is -0.372 e. The quantitative estimate of drug-likeness (QED) is 0.846. The normalized spacial score (nSPS) is 22.7. The van der Waals surface area contributed by atoms with Crippen LogP contribution in [0, 0.1) is 0 Å². The Morgan fingerprint density at radius 2 is 1.95 bits per heavy atom. The largest absolute Gasteiger partial charge is 0.372 e. The van der Waals surface area contributed by atoms with Gasteiger partial charge >= 0.3 is 0 Å². The van der Waals surface area contributed by atoms with Crippen molar-refractivity contribution in [2.24, 2.45) is 0 Å². The first kappa shape index (κ1) is 14.5. The summed E-state index contributed by atoms with van der Waals surface area (Å²) in [5, 5.41) is 1.22. The Bertz CT molecular complexity index is 654. The van der Waals surface area contributed by atoms with E-state index in [9.17, 15) is 4.79 Å². The molecule has 4 heteroatoms. The van der Waals surface area contributed by atoms with Crippen LogP contribution in [0.1, 0.15) is 36.0 Å². The lowest BCUT2D eigenvalue weighted by molar-refractivity contribution is -0.0585. The highest BCUT2D eigenvalue weighted by atomic mass is 32.1. The van der Waals surface area contributed by atoms with Gasteiger partial charge in [-0.2, -0.15) is 0 Å². The van der Waals surface area contributed by atoms with Gasteiger partial charge in [-0.05, 0) is 37.3 Å². The first-order chi connectivity index (χ1) is 10.1. The predicted molar refractivity (Wildman–Crippen MR) is 87.1 cm³/mol. The van der Waals surface area contributed by atoms with E-state index in [4.69, 9.17) is 4.74 Å². The maximum atomic E-state index is 12.9. The molecule has 3 rings (SSSR count). The number of hydrogen-bond acceptors (Lipinski definition) is 3. The molecule has 1 amide bonds. The molecule has 1 aromatic carbocycles. The van der Waals surface area contributed by atoms with E-state index in [0.717, 1.165) is 11.3 Å². The first-order valence-electron chi connectivity index (χ1n) is 7.55. The maximum absolute atomic E-state index is 12.9. The topological polar surface area (TPSA) is 29.5 Å². The molecule has 2 aromatic rings. The zero-order valence-electron chi connectivity index (χ0n) is 12.8. The van der Waals surface area contributed by atoms with Gasteiger partial charge in [-0.25, -0.2) is 0 Å². The van der Waals surface area contributed by atoms with Crippen molar-refractivity contribution in [1.29, 1.82) is 0 Å². The zero-order chi connectivity index (χ0) is 15.0. The third-order valence-electron chi connectivity index (χ3n) is 3.95. The SMILES string of the molecule is CCc1c(C(=O)N2C[C@@H](C)O[C@@H](C)C2)sc2ccccc12. The average Bonchev–Trinajstić information content (AvgIpc) is 2.83. The Balaban J connectivity index is 1.97. The van der Waals surface area contributed by atoms with Crippen molar-refractivity contribution in [3.8, 4) is 0 Å². The average molecular weight is 303 g/mol. The number of nitrogens with zero attached hydrogens (tertiary/aromatic N) is 1. The Hall–Kier alpha value is -1.39. The maximum Gasteiger partial charge on any atom is 0.264 e. The van der Waals surface area contributed by atoms with Gasteiger partial charge < -0.3 is 9.64 Å². The monoisotopic (exact) mass is 303 g/mol. The second kappa shape index (κ2) is 5.78. The van der Waals surface area contributed by atoms with Crippen LogP contribution in [0.25, 0.3) is 10.1 Å². The van der Waals surface area contributed by atoms with Gasteiger partial charge in [0.15, 0.2) is 0 Å². The van der Waals surface area contributed by atoms with Gasteiger partial charge in [0.05, 0.1) is 17.1 Å². The number of morpholine rings is 1. The lowest BCUT2D eigenvalue weighted by Crippen LogP contribution is -2.48. The zero-order valence-corrected chi connectivity index (χ0v) is 13.6. The summed E-state index contributed by atoms with van der Waals surface area (Å²) in [6, 6.07) is 8.29. The summed E-state index contributed by atoms with van der Waals surface area (Å²) in [6.07, 6.45) is 1.11. The van der Waals surface area contributed by atoms with Crippen molar-refractivity contribution < 1.29 is 9.53 Å². The standard InChI is InChI=1S/C17H21NO2S/c1-4-13-14-7-5-6-8-15(14)21-16(13)17(19)18-9-11(2)20-12(3)10-18/h5-8,11-12H,4,9-10H2,1-3H3/t11-,12+. The predicted octanol–water partition coefficient (Wildman–Crippen LogP) is 3.71. The Morgan fingerprint density at radius 1 is 1.29 bits per heavy atom. The van der Waals surface area contributed by atoms with Crippen LogP contribution in [0.15, 0.2) is 24.3 Å². The van der Waals surface area contributed by atoms with Crippen LogP contribution in [0.3, 0.4) is 0 Å². The van der Waals surface area contributed by atoms with Crippen LogP contribution < -0.4 is 0 Å². The first-order valence-corrected chi connectivity index (χ1v) is 8.37. The smallest absolute Gasteiger partial charge is 0.264 e. The van der Waals surface area contributed by atoms with Crippen molar-refractivity contribution in [2.45, 2.75) is 39.4 Å². The number of aryl methyl sites for hydroxylation is 1. The van der Waals surface area contributed by atoms with Gasteiger partial charge in [0, 0.05) is 17.8 Å². The Labute approximate surface area is 129 Å². The van der Waals surface area contributed by atoms with Crippen molar-refractivity contribution in [3.05, 3.63) is 34.7 Å². The van der Waals surface area contributed by atoms with E-state index in [1.165, 1.54) is 15.6 Å². The molecule has 0 spiro atoms. The number of hydrogen-bond donors (Lipinski definition) is 0. The molecule has 3 nitrogen and oxygen atoms in total. The van der Waals surface area contributed by atoms with Crippen molar-refractivity contribution in [3.63, 3.8) is 0 Å². The molecule has 0 unspecified atom stereocenters. The van der Waals surface area contributed by atoms with Gasteiger partial charge in [0.1, 0.15) is 0 Å². The second-order valence-electron chi connectivity index (χ2n) is 5.73. The summed E-state index contributed by atoms with van der Waals surface area (Å²) < 4.78 is 6.93. The molecule has 112 valence electrons. The number of rotatable bonds is 2. The number of fused-ring (bicyclic) bond motifs is 1. The molecule has 1 aromatic heterocycles. The number of carbonyl (C=O) groups is 1. The summed E-state index contributed by atoms with van der Waals surface area (Å²) in [5.74, 6) is 0.162. The second-order valence-corrected chi connectivity index (χ2v) is 6.78. The fraction of sp³-hybridized carbons (Fsp3) is 0.471. The van der Waals surface area contributed by atoms with E-state index in [1.807, 2.05) is 30.9 Å². The lowest BCUT2D eigenvalue weighted by atomic mass is 10.1. The third kappa shape index (κ3) is 2.70. The number of benzene rings is 1. The van der Waals surface area contributed by atoms with Gasteiger partial charge in [-0.15, -0.1) is 11.3 Å². The minimum absolute atomic E-state index is 0.108. The van der Waals surface area contributed by atoms with E-state index >= 15 is 0 Å². The van der Waals surface area contributed by atoms with Gasteiger partial charge in [0.2, 0.25) is 0 Å². The molecule has 1 aliphatic rings. The molecule has 0 aliphatic carbocycles. The molecule has 0 radical (unpaired) electrons. The molecular weight excluding hydrogens is 282 g/mol. The highest BCUT2D eigenvalue weighted by Gasteiger charge is 2.29. The van der Waals surface area contributed by atoms with Crippen LogP contribution in [-0.4, -0.2) is 36.1 Å². The fourth-order valence-corrected chi connectivity index (χ4v) is 4.37. The molecule has 1 fully saturated rings. The fourth-order valence-electron chi connectivity index (χ4n) is 3.11. The van der Waals surface area contributed by atoms with Crippen LogP contribution >= 0.6 is 11.3 Å². The summed E-state index contributed by atoms with van der Waals surface area (Å²) in [7, 11) is 0. The van der Waals surface area contributed by atoms with E-state index in [2.05, 4.69) is 19.1 Å². The van der Waals surface area contributed by atoms with Crippen LogP contribution in [0.5, 0.6) is 0 Å². The van der Waals surface area contributed by atoms with Crippen LogP contribution in [0.2, 0.25) is 0 Å². The number of carbonyl (C=O) groups excluding carboxylic acids is 1. The molecule has 0 saturated carbocycles. The van der Waals surface area contributed by atoms with Crippen LogP contribution in [0.4, 0.5) is 0 Å². The summed E-state index contributed by atoms with van der Waals surface area (Å²) in [6.45, 7) is 7.54. The third-order valence-corrected chi connectivity index (χ3v) is 5.15. The molecule has 1 aliphatic heterocycles. The molecule has 1 saturated heterocycles. The number of amides is 1. The Kier molecular flexibility index (Phi) is 4.00. The van der Waals surface area contributed by atoms with E-state index < -0.39 is 0 Å².